The van der Waals surface area contributed by atoms with Gasteiger partial charge in [-0.2, -0.15) is 0 Å². The Labute approximate surface area is 124 Å². The first kappa shape index (κ1) is 13.8. The summed E-state index contributed by atoms with van der Waals surface area (Å²) in [4.78, 5) is 12.4. The summed E-state index contributed by atoms with van der Waals surface area (Å²) in [5.74, 6) is 1.16. The van der Waals surface area contributed by atoms with Crippen molar-refractivity contribution in [2.45, 2.75) is 32.3 Å². The molecule has 3 heteroatoms. The SMILES string of the molecule is CCCCc1ccc(C(=O)C(O)c2ccccc2)c2c1O2. The van der Waals surface area contributed by atoms with Gasteiger partial charge in [0, 0.05) is 0 Å². The van der Waals surface area contributed by atoms with Crippen LogP contribution in [0.2, 0.25) is 0 Å². The second kappa shape index (κ2) is 5.70. The highest BCUT2D eigenvalue weighted by molar-refractivity contribution is 6.04. The number of Topliss-reactive ketones (excluding diaryl/α,β-unsaturated/α-hetero) is 1. The first-order chi connectivity index (χ1) is 10.2. The lowest BCUT2D eigenvalue weighted by molar-refractivity contribution is 0.0747. The minimum atomic E-state index is -1.14. The van der Waals surface area contributed by atoms with Crippen molar-refractivity contribution in [3.8, 4) is 11.5 Å². The van der Waals surface area contributed by atoms with E-state index in [4.69, 9.17) is 4.74 Å². The van der Waals surface area contributed by atoms with Crippen molar-refractivity contribution in [3.05, 3.63) is 59.2 Å². The maximum absolute atomic E-state index is 12.4. The first-order valence-electron chi connectivity index (χ1n) is 7.33. The predicted octanol–water partition coefficient (Wildman–Crippen LogP) is 4.05. The summed E-state index contributed by atoms with van der Waals surface area (Å²) in [5, 5.41) is 10.2. The molecule has 2 aromatic rings. The van der Waals surface area contributed by atoms with Crippen molar-refractivity contribution < 1.29 is 14.6 Å². The van der Waals surface area contributed by atoms with Crippen LogP contribution in [0.5, 0.6) is 11.5 Å². The van der Waals surface area contributed by atoms with Crippen molar-refractivity contribution in [3.63, 3.8) is 0 Å². The Balaban J connectivity index is 1.81. The van der Waals surface area contributed by atoms with Gasteiger partial charge in [0.05, 0.1) is 5.56 Å². The Morgan fingerprint density at radius 1 is 1.14 bits per heavy atom. The highest BCUT2D eigenvalue weighted by Gasteiger charge is 2.33. The van der Waals surface area contributed by atoms with Crippen LogP contribution in [0, 0.1) is 0 Å². The van der Waals surface area contributed by atoms with Crippen LogP contribution in [0.15, 0.2) is 42.5 Å². The summed E-state index contributed by atoms with van der Waals surface area (Å²) in [5.41, 5.74) is 2.23. The number of fused-ring (bicyclic) bond motifs is 1. The second-order valence-electron chi connectivity index (χ2n) is 5.31. The number of unbranched alkanes of at least 4 members (excludes halogenated alkanes) is 1. The lowest BCUT2D eigenvalue weighted by atomic mass is 9.98. The van der Waals surface area contributed by atoms with Crippen molar-refractivity contribution in [2.75, 3.05) is 0 Å². The molecule has 1 N–H and O–H groups in total. The fourth-order valence-corrected chi connectivity index (χ4v) is 2.49. The molecule has 0 fully saturated rings. The zero-order valence-electron chi connectivity index (χ0n) is 12.0. The van der Waals surface area contributed by atoms with Crippen LogP contribution < -0.4 is 4.74 Å². The number of carbonyl (C=O) groups excluding carboxylic acids is 1. The van der Waals surface area contributed by atoms with Crippen LogP contribution >= 0.6 is 0 Å². The fraction of sp³-hybridized carbons (Fsp3) is 0.278. The summed E-state index contributed by atoms with van der Waals surface area (Å²) in [6.45, 7) is 2.15. The van der Waals surface area contributed by atoms with Crippen LogP contribution in [-0.2, 0) is 6.42 Å². The van der Waals surface area contributed by atoms with Gasteiger partial charge in [-0.3, -0.25) is 4.79 Å². The van der Waals surface area contributed by atoms with Crippen molar-refractivity contribution in [1.29, 1.82) is 0 Å². The van der Waals surface area contributed by atoms with E-state index in [1.165, 1.54) is 0 Å². The number of ketones is 1. The van der Waals surface area contributed by atoms with E-state index in [0.29, 0.717) is 16.9 Å². The summed E-state index contributed by atoms with van der Waals surface area (Å²) in [6, 6.07) is 12.7. The molecule has 1 aliphatic rings. The zero-order chi connectivity index (χ0) is 14.8. The highest BCUT2D eigenvalue weighted by atomic mass is 16.6. The van der Waals surface area contributed by atoms with Crippen LogP contribution in [-0.4, -0.2) is 10.9 Å². The molecule has 2 aromatic carbocycles. The van der Waals surface area contributed by atoms with Gasteiger partial charge in [0.15, 0.2) is 17.3 Å². The molecule has 0 aromatic heterocycles. The topological polar surface area (TPSA) is 49.8 Å². The van der Waals surface area contributed by atoms with Gasteiger partial charge in [-0.25, -0.2) is 0 Å². The zero-order valence-corrected chi connectivity index (χ0v) is 12.0. The number of aliphatic hydroxyl groups excluding tert-OH is 1. The number of benzene rings is 2. The van der Waals surface area contributed by atoms with Crippen LogP contribution in [0.1, 0.15) is 47.4 Å². The molecular weight excluding hydrogens is 264 g/mol. The molecule has 0 saturated carbocycles. The minimum absolute atomic E-state index is 0.308. The van der Waals surface area contributed by atoms with Crippen LogP contribution in [0.25, 0.3) is 0 Å². The first-order valence-corrected chi connectivity index (χ1v) is 7.33. The summed E-state index contributed by atoms with van der Waals surface area (Å²) in [6.07, 6.45) is 2.06. The van der Waals surface area contributed by atoms with Gasteiger partial charge in [0.2, 0.25) is 0 Å². The summed E-state index contributed by atoms with van der Waals surface area (Å²) in [7, 11) is 0. The maximum Gasteiger partial charge on any atom is 0.199 e. The van der Waals surface area contributed by atoms with Crippen molar-refractivity contribution >= 4 is 5.78 Å². The predicted molar refractivity (Wildman–Crippen MR) is 80.9 cm³/mol. The highest BCUT2D eigenvalue weighted by Crippen LogP contribution is 2.52. The summed E-state index contributed by atoms with van der Waals surface area (Å²) < 4.78 is 5.47. The largest absolute Gasteiger partial charge is 0.448 e. The number of aryl methyl sites for hydroxylation is 1. The summed E-state index contributed by atoms with van der Waals surface area (Å²) >= 11 is 0. The molecule has 3 rings (SSSR count). The van der Waals surface area contributed by atoms with Gasteiger partial charge >= 0.3 is 0 Å². The molecule has 0 amide bonds. The van der Waals surface area contributed by atoms with E-state index in [2.05, 4.69) is 6.92 Å². The second-order valence-corrected chi connectivity index (χ2v) is 5.31. The van der Waals surface area contributed by atoms with E-state index >= 15 is 0 Å². The average molecular weight is 282 g/mol. The number of rotatable bonds is 6. The number of hydrogen-bond donors (Lipinski definition) is 1. The number of carbonyl (C=O) groups is 1. The Bertz CT molecular complexity index is 662. The van der Waals surface area contributed by atoms with E-state index in [-0.39, 0.29) is 5.78 Å². The normalized spacial score (nSPS) is 13.2. The van der Waals surface area contributed by atoms with E-state index in [1.807, 2.05) is 24.3 Å². The monoisotopic (exact) mass is 282 g/mol. The third-order valence-corrected chi connectivity index (χ3v) is 3.78. The third-order valence-electron chi connectivity index (χ3n) is 3.78. The quantitative estimate of drug-likeness (QED) is 0.548. The van der Waals surface area contributed by atoms with E-state index in [9.17, 15) is 9.90 Å². The molecule has 0 spiro atoms. The Hall–Kier alpha value is -2.13. The number of ether oxygens (including phenoxy) is 1. The lowest BCUT2D eigenvalue weighted by Gasteiger charge is -2.09. The van der Waals surface area contributed by atoms with Crippen molar-refractivity contribution in [1.82, 2.24) is 0 Å². The molecule has 1 atom stereocenters. The molecule has 108 valence electrons. The standard InChI is InChI=1S/C18H18O3/c1-2-3-7-13-10-11-14(18-17(13)21-18)16(20)15(19)12-8-5-4-6-9-12/h4-6,8-11,15,19H,2-3,7H2,1H3. The minimum Gasteiger partial charge on any atom is -0.448 e. The van der Waals surface area contributed by atoms with Gasteiger partial charge in [0.25, 0.3) is 0 Å². The maximum atomic E-state index is 12.4. The Morgan fingerprint density at radius 2 is 1.90 bits per heavy atom. The number of aliphatic hydroxyl groups is 1. The molecule has 21 heavy (non-hydrogen) atoms. The third kappa shape index (κ3) is 2.69. The Morgan fingerprint density at radius 3 is 2.62 bits per heavy atom. The molecule has 0 saturated heterocycles. The molecule has 0 aliphatic carbocycles. The fourth-order valence-electron chi connectivity index (χ4n) is 2.49. The molecule has 0 radical (unpaired) electrons. The van der Waals surface area contributed by atoms with E-state index in [0.717, 1.165) is 30.6 Å². The number of hydrogen-bond acceptors (Lipinski definition) is 3. The van der Waals surface area contributed by atoms with E-state index in [1.54, 1.807) is 18.2 Å². The van der Waals surface area contributed by atoms with Gasteiger partial charge in [-0.05, 0) is 30.0 Å². The molecule has 1 heterocycles. The van der Waals surface area contributed by atoms with Crippen molar-refractivity contribution in [2.24, 2.45) is 0 Å². The van der Waals surface area contributed by atoms with Gasteiger partial charge < -0.3 is 9.84 Å². The van der Waals surface area contributed by atoms with E-state index < -0.39 is 6.10 Å². The van der Waals surface area contributed by atoms with Gasteiger partial charge in [-0.1, -0.05) is 49.7 Å². The molecule has 1 aliphatic heterocycles. The smallest absolute Gasteiger partial charge is 0.199 e. The Kier molecular flexibility index (Phi) is 3.76. The van der Waals surface area contributed by atoms with Crippen LogP contribution in [0.3, 0.4) is 0 Å². The van der Waals surface area contributed by atoms with Crippen LogP contribution in [0.4, 0.5) is 0 Å². The van der Waals surface area contributed by atoms with Gasteiger partial charge in [-0.15, -0.1) is 0 Å². The molecule has 3 nitrogen and oxygen atoms in total. The van der Waals surface area contributed by atoms with Gasteiger partial charge in [0.1, 0.15) is 6.10 Å². The molecule has 0 bridgehead atoms. The molecule has 1 unspecified atom stereocenters. The average Bonchev–Trinajstić information content (AvgIpc) is 3.32. The lowest BCUT2D eigenvalue weighted by Crippen LogP contribution is -2.11. The molecular formula is C18H18O3.